The number of non-ortho nitro benzene ring substituents is 1. The number of H-pyrrole nitrogens is 1. The molecule has 0 bridgehead atoms. The molecule has 7 heteroatoms. The molecule has 3 N–H and O–H groups in total. The molecule has 166 valence electrons. The Morgan fingerprint density at radius 1 is 0.853 bits per heavy atom. The van der Waals surface area contributed by atoms with Crippen LogP contribution >= 0.6 is 0 Å². The number of benzene rings is 3. The standard InChI is InChI=1S/C27H20N4O3/c28-15-17-9-11-19(12-10-17)25-22(18-5-2-1-3-6-18)14-23-26(30-25)24(16-29-27(23)32)20-7-4-8-21(13-20)31(33)34/h1-14,16H,15,28H2,(H,29,32). The Bertz CT molecular complexity index is 1580. The first-order valence-corrected chi connectivity index (χ1v) is 10.7. The lowest BCUT2D eigenvalue weighted by atomic mass is 9.95. The van der Waals surface area contributed by atoms with Crippen molar-refractivity contribution in [3.05, 3.63) is 117 Å². The van der Waals surface area contributed by atoms with Gasteiger partial charge >= 0.3 is 0 Å². The average molecular weight is 448 g/mol. The normalized spacial score (nSPS) is 11.0. The third-order valence-electron chi connectivity index (χ3n) is 5.79. The fourth-order valence-electron chi connectivity index (χ4n) is 4.04. The lowest BCUT2D eigenvalue weighted by Crippen LogP contribution is -2.08. The van der Waals surface area contributed by atoms with Gasteiger partial charge in [-0.3, -0.25) is 14.9 Å². The van der Waals surface area contributed by atoms with Gasteiger partial charge in [-0.1, -0.05) is 66.7 Å². The van der Waals surface area contributed by atoms with Crippen molar-refractivity contribution in [3.8, 4) is 33.5 Å². The number of nitrogens with two attached hydrogens (primary N) is 1. The molecular formula is C27H20N4O3. The van der Waals surface area contributed by atoms with E-state index in [-0.39, 0.29) is 11.2 Å². The molecule has 0 radical (unpaired) electrons. The quantitative estimate of drug-likeness (QED) is 0.280. The molecule has 0 spiro atoms. The van der Waals surface area contributed by atoms with E-state index in [2.05, 4.69) is 4.98 Å². The molecule has 5 aromatic rings. The van der Waals surface area contributed by atoms with Crippen molar-refractivity contribution in [1.82, 2.24) is 9.97 Å². The van der Waals surface area contributed by atoms with Gasteiger partial charge in [0.1, 0.15) is 0 Å². The zero-order valence-corrected chi connectivity index (χ0v) is 18.1. The van der Waals surface area contributed by atoms with Crippen LogP contribution in [0.3, 0.4) is 0 Å². The van der Waals surface area contributed by atoms with Crippen LogP contribution in [0.15, 0.2) is 95.9 Å². The van der Waals surface area contributed by atoms with E-state index in [0.29, 0.717) is 34.3 Å². The number of nitro groups is 1. The lowest BCUT2D eigenvalue weighted by Gasteiger charge is -2.14. The molecule has 0 fully saturated rings. The zero-order chi connectivity index (χ0) is 23.7. The van der Waals surface area contributed by atoms with Crippen LogP contribution < -0.4 is 11.3 Å². The highest BCUT2D eigenvalue weighted by Crippen LogP contribution is 2.36. The largest absolute Gasteiger partial charge is 0.328 e. The molecule has 5 rings (SSSR count). The Labute approximate surface area is 194 Å². The third-order valence-corrected chi connectivity index (χ3v) is 5.79. The van der Waals surface area contributed by atoms with Gasteiger partial charge in [0.15, 0.2) is 0 Å². The van der Waals surface area contributed by atoms with Crippen molar-refractivity contribution in [2.24, 2.45) is 5.73 Å². The Morgan fingerprint density at radius 3 is 2.29 bits per heavy atom. The van der Waals surface area contributed by atoms with E-state index >= 15 is 0 Å². The molecule has 7 nitrogen and oxygen atoms in total. The fourth-order valence-corrected chi connectivity index (χ4v) is 4.04. The summed E-state index contributed by atoms with van der Waals surface area (Å²) in [5, 5.41) is 11.7. The predicted octanol–water partition coefficient (Wildman–Crippen LogP) is 5.29. The molecule has 0 aliphatic heterocycles. The second-order valence-corrected chi connectivity index (χ2v) is 7.89. The molecule has 0 atom stereocenters. The minimum Gasteiger partial charge on any atom is -0.328 e. The van der Waals surface area contributed by atoms with Crippen LogP contribution in [-0.2, 0) is 6.54 Å². The van der Waals surface area contributed by atoms with Gasteiger partial charge in [-0.15, -0.1) is 0 Å². The first kappa shape index (κ1) is 21.2. The van der Waals surface area contributed by atoms with Gasteiger partial charge in [0.05, 0.1) is 21.5 Å². The number of nitro benzene ring substituents is 1. The van der Waals surface area contributed by atoms with Gasteiger partial charge in [-0.05, 0) is 22.8 Å². The first-order chi connectivity index (χ1) is 16.5. The molecule has 0 saturated heterocycles. The highest BCUT2D eigenvalue weighted by atomic mass is 16.6. The topological polar surface area (TPSA) is 115 Å². The monoisotopic (exact) mass is 448 g/mol. The van der Waals surface area contributed by atoms with E-state index in [0.717, 1.165) is 22.3 Å². The molecule has 0 unspecified atom stereocenters. The summed E-state index contributed by atoms with van der Waals surface area (Å²) in [5.74, 6) is 0. The summed E-state index contributed by atoms with van der Waals surface area (Å²) < 4.78 is 0. The smallest absolute Gasteiger partial charge is 0.270 e. The van der Waals surface area contributed by atoms with E-state index in [1.54, 1.807) is 18.3 Å². The number of aromatic nitrogens is 2. The second kappa shape index (κ2) is 8.73. The number of rotatable bonds is 5. The highest BCUT2D eigenvalue weighted by molar-refractivity contribution is 5.98. The minimum absolute atomic E-state index is 0.0321. The van der Waals surface area contributed by atoms with E-state index < -0.39 is 4.92 Å². The number of nitrogens with zero attached hydrogens (tertiary/aromatic N) is 2. The van der Waals surface area contributed by atoms with Crippen molar-refractivity contribution in [3.63, 3.8) is 0 Å². The summed E-state index contributed by atoms with van der Waals surface area (Å²) in [5.41, 5.74) is 11.5. The number of aromatic amines is 1. The van der Waals surface area contributed by atoms with E-state index in [4.69, 9.17) is 10.7 Å². The number of fused-ring (bicyclic) bond motifs is 1. The van der Waals surface area contributed by atoms with Crippen molar-refractivity contribution < 1.29 is 4.92 Å². The summed E-state index contributed by atoms with van der Waals surface area (Å²) in [7, 11) is 0. The van der Waals surface area contributed by atoms with Crippen molar-refractivity contribution >= 4 is 16.6 Å². The Balaban J connectivity index is 1.83. The molecule has 0 amide bonds. The van der Waals surface area contributed by atoms with Gasteiger partial charge in [-0.25, -0.2) is 4.98 Å². The maximum absolute atomic E-state index is 12.8. The van der Waals surface area contributed by atoms with Crippen molar-refractivity contribution in [2.45, 2.75) is 6.54 Å². The summed E-state index contributed by atoms with van der Waals surface area (Å²) in [6.07, 6.45) is 1.56. The molecule has 34 heavy (non-hydrogen) atoms. The van der Waals surface area contributed by atoms with Crippen molar-refractivity contribution in [2.75, 3.05) is 0 Å². The summed E-state index contributed by atoms with van der Waals surface area (Å²) >= 11 is 0. The Morgan fingerprint density at radius 2 is 1.59 bits per heavy atom. The lowest BCUT2D eigenvalue weighted by molar-refractivity contribution is -0.384. The SMILES string of the molecule is NCc1ccc(-c2nc3c(-c4cccc([N+](=O)[O-])c4)c[nH]c(=O)c3cc2-c2ccccc2)cc1. The number of nitrogens with one attached hydrogen (secondary N) is 1. The van der Waals surface area contributed by atoms with Crippen LogP contribution in [0, 0.1) is 10.1 Å². The van der Waals surface area contributed by atoms with E-state index in [1.807, 2.05) is 60.7 Å². The maximum Gasteiger partial charge on any atom is 0.270 e. The van der Waals surface area contributed by atoms with Gasteiger partial charge < -0.3 is 10.7 Å². The van der Waals surface area contributed by atoms with Crippen LogP contribution in [0.1, 0.15) is 5.56 Å². The van der Waals surface area contributed by atoms with Crippen LogP contribution in [0.25, 0.3) is 44.4 Å². The van der Waals surface area contributed by atoms with Crippen LogP contribution in [0.5, 0.6) is 0 Å². The molecular weight excluding hydrogens is 428 g/mol. The third kappa shape index (κ3) is 3.85. The van der Waals surface area contributed by atoms with Gasteiger partial charge in [-0.2, -0.15) is 0 Å². The van der Waals surface area contributed by atoms with Gasteiger partial charge in [0, 0.05) is 41.6 Å². The Kier molecular flexibility index (Phi) is 5.45. The van der Waals surface area contributed by atoms with Crippen LogP contribution in [0.2, 0.25) is 0 Å². The average Bonchev–Trinajstić information content (AvgIpc) is 2.89. The number of hydrogen-bond acceptors (Lipinski definition) is 5. The molecule has 0 aliphatic carbocycles. The minimum atomic E-state index is -0.442. The van der Waals surface area contributed by atoms with Crippen LogP contribution in [0.4, 0.5) is 5.69 Å². The zero-order valence-electron chi connectivity index (χ0n) is 18.1. The summed E-state index contributed by atoms with van der Waals surface area (Å²) in [4.78, 5) is 31.4. The van der Waals surface area contributed by atoms with E-state index in [9.17, 15) is 14.9 Å². The fraction of sp³-hybridized carbons (Fsp3) is 0.0370. The highest BCUT2D eigenvalue weighted by Gasteiger charge is 2.17. The molecule has 3 aromatic carbocycles. The maximum atomic E-state index is 12.8. The van der Waals surface area contributed by atoms with E-state index in [1.165, 1.54) is 12.1 Å². The van der Waals surface area contributed by atoms with Gasteiger partial charge in [0.2, 0.25) is 0 Å². The molecule has 2 aromatic heterocycles. The number of hydrogen-bond donors (Lipinski definition) is 2. The van der Waals surface area contributed by atoms with Crippen LogP contribution in [-0.4, -0.2) is 14.9 Å². The molecule has 2 heterocycles. The molecule has 0 aliphatic rings. The summed E-state index contributed by atoms with van der Waals surface area (Å²) in [6.45, 7) is 0.434. The number of pyridine rings is 2. The molecule has 0 saturated carbocycles. The second-order valence-electron chi connectivity index (χ2n) is 7.89. The Hall–Kier alpha value is -4.62. The summed E-state index contributed by atoms with van der Waals surface area (Å²) in [6, 6.07) is 25.7. The first-order valence-electron chi connectivity index (χ1n) is 10.7. The van der Waals surface area contributed by atoms with Crippen molar-refractivity contribution in [1.29, 1.82) is 0 Å². The van der Waals surface area contributed by atoms with Gasteiger partial charge in [0.25, 0.3) is 11.2 Å². The predicted molar refractivity (Wildman–Crippen MR) is 133 cm³/mol.